The number of rotatable bonds is 21. The largest absolute Gasteiger partial charge is 0.462 e. The van der Waals surface area contributed by atoms with Crippen molar-refractivity contribution in [1.29, 1.82) is 0 Å². The molecule has 0 spiro atoms. The first kappa shape index (κ1) is 34.2. The number of esters is 1. The van der Waals surface area contributed by atoms with E-state index in [1.165, 1.54) is 89.9 Å². The van der Waals surface area contributed by atoms with Crippen LogP contribution in [0.3, 0.4) is 0 Å². The average Bonchev–Trinajstić information content (AvgIpc) is 3.02. The molecule has 1 unspecified atom stereocenters. The lowest BCUT2D eigenvalue weighted by molar-refractivity contribution is 0.0422. The highest BCUT2D eigenvalue weighted by Crippen LogP contribution is 2.24. The fourth-order valence-electron chi connectivity index (χ4n) is 5.68. The van der Waals surface area contributed by atoms with Gasteiger partial charge in [0.25, 0.3) is 0 Å². The summed E-state index contributed by atoms with van der Waals surface area (Å²) in [4.78, 5) is 25.5. The van der Waals surface area contributed by atoms with E-state index in [2.05, 4.69) is 24.5 Å². The molecule has 0 heterocycles. The number of benzene rings is 3. The Bertz CT molecular complexity index is 1200. The van der Waals surface area contributed by atoms with Gasteiger partial charge in [-0.1, -0.05) is 140 Å². The lowest BCUT2D eigenvalue weighted by Gasteiger charge is -2.17. The molecule has 1 atom stereocenters. The molecular weight excluding hydrogens is 532 g/mol. The molecule has 234 valence electrons. The van der Waals surface area contributed by atoms with E-state index >= 15 is 0 Å². The van der Waals surface area contributed by atoms with Gasteiger partial charge in [-0.2, -0.15) is 0 Å². The molecule has 0 radical (unpaired) electrons. The lowest BCUT2D eigenvalue weighted by Crippen LogP contribution is -2.19. The zero-order valence-corrected chi connectivity index (χ0v) is 26.7. The first-order valence-corrected chi connectivity index (χ1v) is 16.9. The van der Waals surface area contributed by atoms with Crippen LogP contribution in [0.2, 0.25) is 0 Å². The maximum Gasteiger partial charge on any atom is 0.338 e. The summed E-state index contributed by atoms with van der Waals surface area (Å²) in [6, 6.07) is 20.4. The molecule has 0 aliphatic carbocycles. The van der Waals surface area contributed by atoms with E-state index in [0.717, 1.165) is 29.3 Å². The van der Waals surface area contributed by atoms with Gasteiger partial charge < -0.3 is 15.4 Å². The number of carbonyl (C=O) groups is 2. The van der Waals surface area contributed by atoms with Gasteiger partial charge in [-0.05, 0) is 54.5 Å². The van der Waals surface area contributed by atoms with Gasteiger partial charge in [-0.25, -0.2) is 9.59 Å². The first-order valence-electron chi connectivity index (χ1n) is 16.9. The molecule has 5 nitrogen and oxygen atoms in total. The summed E-state index contributed by atoms with van der Waals surface area (Å²) in [5.41, 5.74) is 1.87. The molecule has 0 fully saturated rings. The Hall–Kier alpha value is -3.34. The van der Waals surface area contributed by atoms with Crippen LogP contribution >= 0.6 is 0 Å². The summed E-state index contributed by atoms with van der Waals surface area (Å²) in [5, 5.41) is 7.83. The van der Waals surface area contributed by atoms with Crippen LogP contribution in [0.25, 0.3) is 10.8 Å². The van der Waals surface area contributed by atoms with Crippen LogP contribution in [-0.4, -0.2) is 18.6 Å². The van der Waals surface area contributed by atoms with Crippen molar-refractivity contribution in [2.75, 3.05) is 17.2 Å². The summed E-state index contributed by atoms with van der Waals surface area (Å²) in [6.07, 6.45) is 20.5. The number of urea groups is 1. The highest BCUT2D eigenvalue weighted by molar-refractivity contribution is 6.06. The maximum absolute atomic E-state index is 12.9. The summed E-state index contributed by atoms with van der Waals surface area (Å²) in [5.74, 6) is 0.129. The van der Waals surface area contributed by atoms with Crippen molar-refractivity contribution in [3.05, 3.63) is 72.3 Å². The average molecular weight is 587 g/mol. The van der Waals surface area contributed by atoms with Gasteiger partial charge in [0, 0.05) is 11.1 Å². The van der Waals surface area contributed by atoms with Crippen LogP contribution < -0.4 is 10.6 Å². The number of fused-ring (bicyclic) bond motifs is 1. The van der Waals surface area contributed by atoms with Crippen molar-refractivity contribution in [2.24, 2.45) is 5.92 Å². The first-order chi connectivity index (χ1) is 21.1. The standard InChI is InChI=1S/C38H54N2O3/c1-3-5-7-9-11-12-14-16-21-31(20-15-13-10-8-6-4-2)30-43-37(41)33-26-28-34(29-27-33)39-38(42)40-36-25-19-23-32-22-17-18-24-35(32)36/h17-19,22-29,31H,3-16,20-21,30H2,1-2H3,(H2,39,40,42). The SMILES string of the molecule is CCCCCCCCCCC(CCCCCCCC)COC(=O)c1ccc(NC(=O)Nc2cccc3ccccc23)cc1. The van der Waals surface area contributed by atoms with Gasteiger partial charge in [0.05, 0.1) is 17.9 Å². The smallest absolute Gasteiger partial charge is 0.338 e. The monoisotopic (exact) mass is 586 g/mol. The molecule has 0 bridgehead atoms. The molecule has 5 heteroatoms. The van der Waals surface area contributed by atoms with Crippen molar-refractivity contribution in [1.82, 2.24) is 0 Å². The molecule has 0 aliphatic rings. The van der Waals surface area contributed by atoms with Crippen molar-refractivity contribution >= 4 is 34.1 Å². The number of nitrogens with one attached hydrogen (secondary N) is 2. The van der Waals surface area contributed by atoms with Crippen molar-refractivity contribution in [3.63, 3.8) is 0 Å². The van der Waals surface area contributed by atoms with Crippen LogP contribution in [-0.2, 0) is 4.74 Å². The van der Waals surface area contributed by atoms with Crippen LogP contribution in [0.4, 0.5) is 16.2 Å². The fraction of sp³-hybridized carbons (Fsp3) is 0.526. The van der Waals surface area contributed by atoms with Crippen LogP contribution in [0.1, 0.15) is 127 Å². The summed E-state index contributed by atoms with van der Waals surface area (Å²) in [7, 11) is 0. The molecule has 3 rings (SSSR count). The molecule has 2 N–H and O–H groups in total. The maximum atomic E-state index is 12.9. The van der Waals surface area contributed by atoms with Crippen molar-refractivity contribution < 1.29 is 14.3 Å². The second kappa shape index (κ2) is 20.5. The fourth-order valence-corrected chi connectivity index (χ4v) is 5.68. The Morgan fingerprint density at radius 3 is 1.81 bits per heavy atom. The molecule has 2 amide bonds. The topological polar surface area (TPSA) is 67.4 Å². The van der Waals surface area contributed by atoms with E-state index < -0.39 is 0 Å². The van der Waals surface area contributed by atoms with E-state index in [-0.39, 0.29) is 12.0 Å². The highest BCUT2D eigenvalue weighted by atomic mass is 16.5. The molecule has 43 heavy (non-hydrogen) atoms. The second-order valence-electron chi connectivity index (χ2n) is 12.0. The van der Waals surface area contributed by atoms with E-state index in [1.807, 2.05) is 42.5 Å². The van der Waals surface area contributed by atoms with Gasteiger partial charge >= 0.3 is 12.0 Å². The number of anilines is 2. The Labute approximate surface area is 260 Å². The minimum atomic E-state index is -0.329. The Morgan fingerprint density at radius 1 is 0.628 bits per heavy atom. The zero-order chi connectivity index (χ0) is 30.5. The number of amides is 2. The van der Waals surface area contributed by atoms with Crippen molar-refractivity contribution in [3.8, 4) is 0 Å². The number of hydrogen-bond acceptors (Lipinski definition) is 3. The third-order valence-electron chi connectivity index (χ3n) is 8.30. The van der Waals surface area contributed by atoms with E-state index in [0.29, 0.717) is 23.8 Å². The molecule has 3 aromatic carbocycles. The third-order valence-corrected chi connectivity index (χ3v) is 8.30. The molecule has 0 saturated carbocycles. The van der Waals surface area contributed by atoms with Crippen LogP contribution in [0, 0.1) is 5.92 Å². The second-order valence-corrected chi connectivity index (χ2v) is 12.0. The quantitative estimate of drug-likeness (QED) is 0.0963. The molecule has 0 aliphatic heterocycles. The number of ether oxygens (including phenoxy) is 1. The minimum absolute atomic E-state index is 0.296. The normalized spacial score (nSPS) is 11.8. The predicted octanol–water partition coefficient (Wildman–Crippen LogP) is 11.5. The van der Waals surface area contributed by atoms with Gasteiger partial charge in [0.1, 0.15) is 0 Å². The van der Waals surface area contributed by atoms with E-state index in [9.17, 15) is 9.59 Å². The summed E-state index contributed by atoms with van der Waals surface area (Å²) in [6.45, 7) is 5.00. The summed E-state index contributed by atoms with van der Waals surface area (Å²) < 4.78 is 5.81. The Kier molecular flexibility index (Phi) is 16.3. The van der Waals surface area contributed by atoms with Gasteiger partial charge in [-0.15, -0.1) is 0 Å². The lowest BCUT2D eigenvalue weighted by atomic mass is 9.94. The zero-order valence-electron chi connectivity index (χ0n) is 26.7. The molecular formula is C38H54N2O3. The van der Waals surface area contributed by atoms with Gasteiger partial charge in [0.2, 0.25) is 0 Å². The predicted molar refractivity (Wildman–Crippen MR) is 182 cm³/mol. The molecule has 0 saturated heterocycles. The van der Waals surface area contributed by atoms with Gasteiger partial charge in [0.15, 0.2) is 0 Å². The molecule has 3 aromatic rings. The highest BCUT2D eigenvalue weighted by Gasteiger charge is 2.14. The van der Waals surface area contributed by atoms with E-state index in [4.69, 9.17) is 4.74 Å². The number of unbranched alkanes of at least 4 members (excludes halogenated alkanes) is 12. The Morgan fingerprint density at radius 2 is 1.19 bits per heavy atom. The Balaban J connectivity index is 1.44. The van der Waals surface area contributed by atoms with Gasteiger partial charge in [-0.3, -0.25) is 0 Å². The number of hydrogen-bond donors (Lipinski definition) is 2. The van der Waals surface area contributed by atoms with Crippen LogP contribution in [0.5, 0.6) is 0 Å². The minimum Gasteiger partial charge on any atom is -0.462 e. The van der Waals surface area contributed by atoms with E-state index in [1.54, 1.807) is 24.3 Å². The summed E-state index contributed by atoms with van der Waals surface area (Å²) >= 11 is 0. The number of carbonyl (C=O) groups excluding carboxylic acids is 2. The third kappa shape index (κ3) is 13.2. The molecule has 0 aromatic heterocycles. The van der Waals surface area contributed by atoms with Crippen molar-refractivity contribution in [2.45, 2.75) is 117 Å². The van der Waals surface area contributed by atoms with Crippen LogP contribution in [0.15, 0.2) is 66.7 Å².